The Hall–Kier alpha value is -3.36. The van der Waals surface area contributed by atoms with Gasteiger partial charge in [0.25, 0.3) is 11.2 Å². The molecular formula is C14H8F2N4O3. The number of aromatic amines is 1. The molecule has 0 bridgehead atoms. The van der Waals surface area contributed by atoms with Gasteiger partial charge in [-0.25, -0.2) is 13.8 Å². The second kappa shape index (κ2) is 5.44. The summed E-state index contributed by atoms with van der Waals surface area (Å²) >= 11 is 0. The van der Waals surface area contributed by atoms with Crippen LogP contribution >= 0.6 is 0 Å². The third-order valence-electron chi connectivity index (χ3n) is 3.03. The van der Waals surface area contributed by atoms with E-state index in [-0.39, 0.29) is 28.2 Å². The van der Waals surface area contributed by atoms with E-state index in [0.717, 1.165) is 18.2 Å². The van der Waals surface area contributed by atoms with Gasteiger partial charge in [-0.2, -0.15) is 0 Å². The molecule has 0 fully saturated rings. The predicted molar refractivity (Wildman–Crippen MR) is 78.7 cm³/mol. The molecule has 3 aromatic rings. The largest absolute Gasteiger partial charge is 0.325 e. The fourth-order valence-electron chi connectivity index (χ4n) is 2.06. The van der Waals surface area contributed by atoms with Gasteiger partial charge >= 0.3 is 0 Å². The molecule has 0 spiro atoms. The van der Waals surface area contributed by atoms with Crippen molar-refractivity contribution in [3.63, 3.8) is 0 Å². The van der Waals surface area contributed by atoms with Crippen molar-refractivity contribution in [3.8, 4) is 0 Å². The highest BCUT2D eigenvalue weighted by molar-refractivity contribution is 5.81. The SMILES string of the molecule is O=c1[nH]c(Nc2cc(F)cc(F)c2)nc2cc([N+](=O)[O-])ccc12. The molecule has 2 N–H and O–H groups in total. The van der Waals surface area contributed by atoms with Gasteiger partial charge in [0.15, 0.2) is 0 Å². The molecule has 1 aromatic heterocycles. The zero-order chi connectivity index (χ0) is 16.6. The molecule has 0 aliphatic carbocycles. The molecular weight excluding hydrogens is 310 g/mol. The number of rotatable bonds is 3. The molecule has 2 aromatic carbocycles. The average molecular weight is 318 g/mol. The maximum Gasteiger partial charge on any atom is 0.271 e. The van der Waals surface area contributed by atoms with Gasteiger partial charge in [-0.3, -0.25) is 19.9 Å². The fourth-order valence-corrected chi connectivity index (χ4v) is 2.06. The highest BCUT2D eigenvalue weighted by Crippen LogP contribution is 2.20. The Balaban J connectivity index is 2.07. The smallest absolute Gasteiger partial charge is 0.271 e. The summed E-state index contributed by atoms with van der Waals surface area (Å²) in [5.74, 6) is -1.69. The lowest BCUT2D eigenvalue weighted by molar-refractivity contribution is -0.384. The van der Waals surface area contributed by atoms with Gasteiger partial charge in [0, 0.05) is 23.9 Å². The molecule has 0 aliphatic heterocycles. The number of hydrogen-bond donors (Lipinski definition) is 2. The van der Waals surface area contributed by atoms with Crippen LogP contribution in [0, 0.1) is 21.7 Å². The maximum atomic E-state index is 13.2. The van der Waals surface area contributed by atoms with Crippen LogP contribution in [0.25, 0.3) is 10.9 Å². The zero-order valence-corrected chi connectivity index (χ0v) is 11.3. The molecule has 9 heteroatoms. The number of non-ortho nitro benzene ring substituents is 1. The van der Waals surface area contributed by atoms with E-state index in [1.807, 2.05) is 0 Å². The number of halogens is 2. The summed E-state index contributed by atoms with van der Waals surface area (Å²) in [5, 5.41) is 13.5. The number of hydrogen-bond acceptors (Lipinski definition) is 5. The van der Waals surface area contributed by atoms with E-state index in [9.17, 15) is 23.7 Å². The number of nitro benzene ring substituents is 1. The molecule has 0 amide bonds. The van der Waals surface area contributed by atoms with E-state index in [1.54, 1.807) is 0 Å². The van der Waals surface area contributed by atoms with Crippen LogP contribution in [0.3, 0.4) is 0 Å². The molecule has 0 aliphatic rings. The summed E-state index contributed by atoms with van der Waals surface area (Å²) in [6.07, 6.45) is 0. The maximum absolute atomic E-state index is 13.2. The van der Waals surface area contributed by atoms with Crippen LogP contribution in [0.15, 0.2) is 41.2 Å². The van der Waals surface area contributed by atoms with Crippen molar-refractivity contribution in [2.45, 2.75) is 0 Å². The van der Waals surface area contributed by atoms with Gasteiger partial charge in [0.1, 0.15) is 11.6 Å². The summed E-state index contributed by atoms with van der Waals surface area (Å²) in [6, 6.07) is 6.34. The first-order chi connectivity index (χ1) is 10.9. The lowest BCUT2D eigenvalue weighted by Gasteiger charge is -2.06. The van der Waals surface area contributed by atoms with Crippen LogP contribution < -0.4 is 10.9 Å². The summed E-state index contributed by atoms with van der Waals surface area (Å²) in [7, 11) is 0. The number of anilines is 2. The van der Waals surface area contributed by atoms with E-state index in [2.05, 4.69) is 15.3 Å². The minimum Gasteiger partial charge on any atom is -0.325 e. The van der Waals surface area contributed by atoms with Gasteiger partial charge in [-0.15, -0.1) is 0 Å². The van der Waals surface area contributed by atoms with E-state index < -0.39 is 22.1 Å². The molecule has 116 valence electrons. The molecule has 0 unspecified atom stereocenters. The van der Waals surface area contributed by atoms with Crippen LogP contribution in [0.5, 0.6) is 0 Å². The van der Waals surface area contributed by atoms with Crippen LogP contribution in [0.2, 0.25) is 0 Å². The summed E-state index contributed by atoms with van der Waals surface area (Å²) in [5.41, 5.74) is -0.639. The van der Waals surface area contributed by atoms with Crippen LogP contribution in [-0.2, 0) is 0 Å². The Labute approximate surface area is 126 Å². The van der Waals surface area contributed by atoms with E-state index in [4.69, 9.17) is 0 Å². The Morgan fingerprint density at radius 1 is 1.13 bits per heavy atom. The van der Waals surface area contributed by atoms with Gasteiger partial charge < -0.3 is 5.32 Å². The molecule has 0 atom stereocenters. The van der Waals surface area contributed by atoms with Crippen LogP contribution in [0.4, 0.5) is 26.1 Å². The minimum absolute atomic E-state index is 0.0374. The van der Waals surface area contributed by atoms with Gasteiger partial charge in [-0.05, 0) is 18.2 Å². The van der Waals surface area contributed by atoms with E-state index in [0.29, 0.717) is 6.07 Å². The van der Waals surface area contributed by atoms with Crippen LogP contribution in [-0.4, -0.2) is 14.9 Å². The molecule has 3 rings (SSSR count). The Bertz CT molecular complexity index is 967. The lowest BCUT2D eigenvalue weighted by Crippen LogP contribution is -2.11. The predicted octanol–water partition coefficient (Wildman–Crippen LogP) is 2.85. The van der Waals surface area contributed by atoms with E-state index >= 15 is 0 Å². The van der Waals surface area contributed by atoms with Crippen molar-refractivity contribution in [1.29, 1.82) is 0 Å². The average Bonchev–Trinajstić information content (AvgIpc) is 2.45. The number of nitrogens with zero attached hydrogens (tertiary/aromatic N) is 2. The summed E-state index contributed by atoms with van der Waals surface area (Å²) in [4.78, 5) is 28.5. The Morgan fingerprint density at radius 2 is 1.83 bits per heavy atom. The van der Waals surface area contributed by atoms with Crippen molar-refractivity contribution >= 4 is 28.2 Å². The first kappa shape index (κ1) is 14.6. The van der Waals surface area contributed by atoms with Crippen LogP contribution in [0.1, 0.15) is 0 Å². The fraction of sp³-hybridized carbons (Fsp3) is 0. The first-order valence-electron chi connectivity index (χ1n) is 6.34. The van der Waals surface area contributed by atoms with Crippen molar-refractivity contribution < 1.29 is 13.7 Å². The molecule has 0 saturated heterocycles. The lowest BCUT2D eigenvalue weighted by atomic mass is 10.2. The Morgan fingerprint density at radius 3 is 2.48 bits per heavy atom. The molecule has 0 radical (unpaired) electrons. The molecule has 1 heterocycles. The highest BCUT2D eigenvalue weighted by Gasteiger charge is 2.11. The second-order valence-corrected chi connectivity index (χ2v) is 4.66. The van der Waals surface area contributed by atoms with Crippen molar-refractivity contribution in [2.24, 2.45) is 0 Å². The third kappa shape index (κ3) is 2.98. The van der Waals surface area contributed by atoms with Crippen molar-refractivity contribution in [1.82, 2.24) is 9.97 Å². The number of H-pyrrole nitrogens is 1. The van der Waals surface area contributed by atoms with Gasteiger partial charge in [-0.1, -0.05) is 0 Å². The summed E-state index contributed by atoms with van der Waals surface area (Å²) < 4.78 is 26.3. The van der Waals surface area contributed by atoms with E-state index in [1.165, 1.54) is 12.1 Å². The number of nitrogens with one attached hydrogen (secondary N) is 2. The Kier molecular flexibility index (Phi) is 3.45. The van der Waals surface area contributed by atoms with Gasteiger partial charge in [0.05, 0.1) is 15.8 Å². The molecule has 23 heavy (non-hydrogen) atoms. The first-order valence-corrected chi connectivity index (χ1v) is 6.34. The summed E-state index contributed by atoms with van der Waals surface area (Å²) in [6.45, 7) is 0. The topological polar surface area (TPSA) is 101 Å². The van der Waals surface area contributed by atoms with Crippen molar-refractivity contribution in [2.75, 3.05) is 5.32 Å². The monoisotopic (exact) mass is 318 g/mol. The second-order valence-electron chi connectivity index (χ2n) is 4.66. The van der Waals surface area contributed by atoms with Crippen molar-refractivity contribution in [3.05, 3.63) is 68.5 Å². The number of benzene rings is 2. The molecule has 0 saturated carbocycles. The third-order valence-corrected chi connectivity index (χ3v) is 3.03. The number of aromatic nitrogens is 2. The zero-order valence-electron chi connectivity index (χ0n) is 11.3. The molecule has 7 nitrogen and oxygen atoms in total. The highest BCUT2D eigenvalue weighted by atomic mass is 19.1. The standard InChI is InChI=1S/C14H8F2N4O3/c15-7-3-8(16)5-9(4-7)17-14-18-12-6-10(20(22)23)1-2-11(12)13(21)19-14/h1-6H,(H2,17,18,19,21). The normalized spacial score (nSPS) is 10.7. The minimum atomic E-state index is -0.800. The quantitative estimate of drug-likeness (QED) is 0.571. The number of fused-ring (bicyclic) bond motifs is 1. The van der Waals surface area contributed by atoms with Gasteiger partial charge in [0.2, 0.25) is 5.95 Å². The number of nitro groups is 1.